The van der Waals surface area contributed by atoms with Crippen molar-refractivity contribution >= 4 is 0 Å². The number of aromatic nitrogens is 1. The molecule has 1 aliphatic rings. The molecule has 1 saturated heterocycles. The van der Waals surface area contributed by atoms with Crippen molar-refractivity contribution in [3.8, 4) is 0 Å². The SMILES string of the molecule is CC(C)C1CCCN1Cc1cc(CNC(C)(C)C)no1. The third kappa shape index (κ3) is 4.32. The van der Waals surface area contributed by atoms with Gasteiger partial charge in [-0.2, -0.15) is 0 Å². The van der Waals surface area contributed by atoms with Crippen LogP contribution in [0, 0.1) is 5.92 Å². The van der Waals surface area contributed by atoms with Gasteiger partial charge in [0.2, 0.25) is 0 Å². The smallest absolute Gasteiger partial charge is 0.151 e. The molecule has 0 saturated carbocycles. The highest BCUT2D eigenvalue weighted by molar-refractivity contribution is 5.06. The predicted octanol–water partition coefficient (Wildman–Crippen LogP) is 3.18. The van der Waals surface area contributed by atoms with Crippen LogP contribution in [0.2, 0.25) is 0 Å². The molecule has 20 heavy (non-hydrogen) atoms. The highest BCUT2D eigenvalue weighted by Gasteiger charge is 2.27. The van der Waals surface area contributed by atoms with Gasteiger partial charge in [0.05, 0.1) is 12.2 Å². The molecule has 114 valence electrons. The van der Waals surface area contributed by atoms with Gasteiger partial charge in [-0.05, 0) is 46.1 Å². The highest BCUT2D eigenvalue weighted by Crippen LogP contribution is 2.25. The lowest BCUT2D eigenvalue weighted by Crippen LogP contribution is -2.35. The summed E-state index contributed by atoms with van der Waals surface area (Å²) in [5.41, 5.74) is 1.10. The van der Waals surface area contributed by atoms with Crippen LogP contribution < -0.4 is 5.32 Å². The quantitative estimate of drug-likeness (QED) is 0.899. The molecule has 0 radical (unpaired) electrons. The standard InChI is InChI=1S/C16H29N3O/c1-12(2)15-7-6-8-19(15)11-14-9-13(18-20-14)10-17-16(3,4)5/h9,12,15,17H,6-8,10-11H2,1-5H3. The van der Waals surface area contributed by atoms with E-state index >= 15 is 0 Å². The second-order valence-electron chi connectivity index (χ2n) is 7.31. The summed E-state index contributed by atoms with van der Waals surface area (Å²) in [5, 5.41) is 7.60. The topological polar surface area (TPSA) is 41.3 Å². The number of hydrogen-bond donors (Lipinski definition) is 1. The van der Waals surface area contributed by atoms with Crippen LogP contribution in [-0.2, 0) is 13.1 Å². The molecule has 0 spiro atoms. The molecule has 0 amide bonds. The zero-order chi connectivity index (χ0) is 14.8. The van der Waals surface area contributed by atoms with E-state index in [1.54, 1.807) is 0 Å². The molecule has 0 aromatic carbocycles. The fraction of sp³-hybridized carbons (Fsp3) is 0.812. The molecule has 1 fully saturated rings. The summed E-state index contributed by atoms with van der Waals surface area (Å²) in [6, 6.07) is 2.78. The van der Waals surface area contributed by atoms with E-state index in [-0.39, 0.29) is 5.54 Å². The van der Waals surface area contributed by atoms with Gasteiger partial charge >= 0.3 is 0 Å². The predicted molar refractivity (Wildman–Crippen MR) is 81.4 cm³/mol. The second-order valence-corrected chi connectivity index (χ2v) is 7.31. The van der Waals surface area contributed by atoms with E-state index in [1.807, 2.05) is 0 Å². The Morgan fingerprint density at radius 3 is 2.85 bits per heavy atom. The van der Waals surface area contributed by atoms with Crippen molar-refractivity contribution in [2.75, 3.05) is 6.54 Å². The number of nitrogens with one attached hydrogen (secondary N) is 1. The minimum Gasteiger partial charge on any atom is -0.360 e. The van der Waals surface area contributed by atoms with Crippen molar-refractivity contribution in [1.82, 2.24) is 15.4 Å². The van der Waals surface area contributed by atoms with Gasteiger partial charge in [-0.25, -0.2) is 0 Å². The number of hydrogen-bond acceptors (Lipinski definition) is 4. The summed E-state index contributed by atoms with van der Waals surface area (Å²) in [4.78, 5) is 2.53. The van der Waals surface area contributed by atoms with Crippen molar-refractivity contribution in [3.63, 3.8) is 0 Å². The first-order valence-corrected chi connectivity index (χ1v) is 7.79. The van der Waals surface area contributed by atoms with E-state index in [1.165, 1.54) is 19.4 Å². The molecule has 1 atom stereocenters. The summed E-state index contributed by atoms with van der Waals surface area (Å²) in [7, 11) is 0. The fourth-order valence-electron chi connectivity index (χ4n) is 2.87. The van der Waals surface area contributed by atoms with Crippen LogP contribution >= 0.6 is 0 Å². The lowest BCUT2D eigenvalue weighted by Gasteiger charge is -2.26. The van der Waals surface area contributed by atoms with Crippen LogP contribution in [0.3, 0.4) is 0 Å². The van der Waals surface area contributed by atoms with Crippen LogP contribution in [0.1, 0.15) is 58.9 Å². The van der Waals surface area contributed by atoms with E-state index in [0.29, 0.717) is 12.0 Å². The van der Waals surface area contributed by atoms with Crippen LogP contribution in [-0.4, -0.2) is 28.2 Å². The lowest BCUT2D eigenvalue weighted by molar-refractivity contribution is 0.178. The van der Waals surface area contributed by atoms with Crippen molar-refractivity contribution in [3.05, 3.63) is 17.5 Å². The van der Waals surface area contributed by atoms with Crippen molar-refractivity contribution in [1.29, 1.82) is 0 Å². The Bertz CT molecular complexity index is 420. The minimum atomic E-state index is 0.108. The Morgan fingerprint density at radius 2 is 2.20 bits per heavy atom. The number of nitrogens with zero attached hydrogens (tertiary/aromatic N) is 2. The van der Waals surface area contributed by atoms with Gasteiger partial charge in [0.25, 0.3) is 0 Å². The Morgan fingerprint density at radius 1 is 1.45 bits per heavy atom. The zero-order valence-corrected chi connectivity index (χ0v) is 13.6. The van der Waals surface area contributed by atoms with Crippen molar-refractivity contribution in [2.45, 2.75) is 72.1 Å². The maximum atomic E-state index is 5.49. The average Bonchev–Trinajstić information content (AvgIpc) is 2.95. The van der Waals surface area contributed by atoms with Crippen LogP contribution in [0.25, 0.3) is 0 Å². The third-order valence-electron chi connectivity index (χ3n) is 3.95. The fourth-order valence-corrected chi connectivity index (χ4v) is 2.87. The highest BCUT2D eigenvalue weighted by atomic mass is 16.5. The molecule has 1 unspecified atom stereocenters. The first-order valence-electron chi connectivity index (χ1n) is 7.79. The van der Waals surface area contributed by atoms with E-state index in [4.69, 9.17) is 4.52 Å². The molecule has 4 heteroatoms. The Labute approximate surface area is 122 Å². The Kier molecular flexibility index (Phi) is 4.86. The molecule has 4 nitrogen and oxygen atoms in total. The molecule has 0 bridgehead atoms. The molecular formula is C16H29N3O. The zero-order valence-electron chi connectivity index (χ0n) is 13.6. The van der Waals surface area contributed by atoms with Crippen LogP contribution in [0.5, 0.6) is 0 Å². The second kappa shape index (κ2) is 6.27. The number of rotatable bonds is 5. The molecule has 0 aliphatic carbocycles. The first kappa shape index (κ1) is 15.5. The van der Waals surface area contributed by atoms with E-state index in [0.717, 1.165) is 24.5 Å². The summed E-state index contributed by atoms with van der Waals surface area (Å²) in [6.45, 7) is 13.9. The molecule has 2 heterocycles. The third-order valence-corrected chi connectivity index (χ3v) is 3.95. The van der Waals surface area contributed by atoms with Gasteiger partial charge in [-0.15, -0.1) is 0 Å². The molecule has 1 aromatic rings. The average molecular weight is 279 g/mol. The van der Waals surface area contributed by atoms with Crippen LogP contribution in [0.4, 0.5) is 0 Å². The molecule has 2 rings (SSSR count). The monoisotopic (exact) mass is 279 g/mol. The summed E-state index contributed by atoms with van der Waals surface area (Å²) in [6.07, 6.45) is 2.61. The molecule has 1 aliphatic heterocycles. The Balaban J connectivity index is 1.89. The van der Waals surface area contributed by atoms with E-state index < -0.39 is 0 Å². The lowest BCUT2D eigenvalue weighted by atomic mass is 10.0. The van der Waals surface area contributed by atoms with Gasteiger partial charge in [-0.3, -0.25) is 4.90 Å². The van der Waals surface area contributed by atoms with Gasteiger partial charge < -0.3 is 9.84 Å². The Hall–Kier alpha value is -0.870. The normalized spacial score (nSPS) is 21.0. The number of likely N-dealkylation sites (tertiary alicyclic amines) is 1. The summed E-state index contributed by atoms with van der Waals surface area (Å²) >= 11 is 0. The molecule has 1 N–H and O–H groups in total. The van der Waals surface area contributed by atoms with Gasteiger partial charge in [0.1, 0.15) is 0 Å². The van der Waals surface area contributed by atoms with E-state index in [9.17, 15) is 0 Å². The summed E-state index contributed by atoms with van der Waals surface area (Å²) in [5.74, 6) is 1.70. The molecule has 1 aromatic heterocycles. The first-order chi connectivity index (χ1) is 9.35. The maximum Gasteiger partial charge on any atom is 0.151 e. The van der Waals surface area contributed by atoms with Crippen molar-refractivity contribution < 1.29 is 4.52 Å². The maximum absolute atomic E-state index is 5.49. The largest absolute Gasteiger partial charge is 0.360 e. The van der Waals surface area contributed by atoms with Gasteiger partial charge in [-0.1, -0.05) is 19.0 Å². The van der Waals surface area contributed by atoms with Gasteiger partial charge in [0, 0.05) is 24.2 Å². The van der Waals surface area contributed by atoms with Crippen LogP contribution in [0.15, 0.2) is 10.6 Å². The molecular weight excluding hydrogens is 250 g/mol. The van der Waals surface area contributed by atoms with E-state index in [2.05, 4.69) is 56.1 Å². The summed E-state index contributed by atoms with van der Waals surface area (Å²) < 4.78 is 5.49. The van der Waals surface area contributed by atoms with Crippen molar-refractivity contribution in [2.24, 2.45) is 5.92 Å². The minimum absolute atomic E-state index is 0.108. The van der Waals surface area contributed by atoms with Gasteiger partial charge in [0.15, 0.2) is 5.76 Å².